The zero-order valence-electron chi connectivity index (χ0n) is 8.89. The van der Waals surface area contributed by atoms with Crippen LogP contribution in [-0.4, -0.2) is 12.6 Å². The van der Waals surface area contributed by atoms with Crippen LogP contribution in [0, 0.1) is 5.82 Å². The van der Waals surface area contributed by atoms with Gasteiger partial charge in [0, 0.05) is 5.56 Å². The Morgan fingerprint density at radius 1 is 1.56 bits per heavy atom. The Morgan fingerprint density at radius 3 is 2.69 bits per heavy atom. The minimum absolute atomic E-state index is 0.0302. The van der Waals surface area contributed by atoms with Gasteiger partial charge in [0.25, 0.3) is 0 Å². The average Bonchev–Trinajstić information content (AvgIpc) is 2.22. The van der Waals surface area contributed by atoms with E-state index >= 15 is 0 Å². The molecule has 1 unspecified atom stereocenters. The number of hydrogen-bond acceptors (Lipinski definition) is 2. The third kappa shape index (κ3) is 2.50. The van der Waals surface area contributed by atoms with Gasteiger partial charge in [0.15, 0.2) is 0 Å². The van der Waals surface area contributed by atoms with Crippen molar-refractivity contribution in [1.82, 2.24) is 0 Å². The van der Waals surface area contributed by atoms with Crippen molar-refractivity contribution in [2.75, 3.05) is 6.61 Å². The second-order valence-corrected chi connectivity index (χ2v) is 3.76. The predicted octanol–water partition coefficient (Wildman–Crippen LogP) is 3.23. The Balaban J connectivity index is 3.06. The summed E-state index contributed by atoms with van der Waals surface area (Å²) in [6.07, 6.45) is 0. The molecule has 0 saturated carbocycles. The maximum atomic E-state index is 14.1. The molecule has 0 fully saturated rings. The highest BCUT2D eigenvalue weighted by atomic mass is 35.5. The first-order valence-electron chi connectivity index (χ1n) is 4.71. The summed E-state index contributed by atoms with van der Waals surface area (Å²) in [5.74, 6) is -1.68. The highest BCUT2D eigenvalue weighted by Crippen LogP contribution is 2.30. The third-order valence-corrected chi connectivity index (χ3v) is 2.41. The van der Waals surface area contributed by atoms with Crippen molar-refractivity contribution in [3.05, 3.63) is 34.6 Å². The summed E-state index contributed by atoms with van der Waals surface area (Å²) in [5, 5.41) is -0.231. The minimum Gasteiger partial charge on any atom is -0.463 e. The Hall–Kier alpha value is -1.16. The molecule has 1 aromatic carbocycles. The Labute approximate surface area is 97.2 Å². The van der Waals surface area contributed by atoms with Crippen LogP contribution in [-0.2, 0) is 15.2 Å². The molecule has 0 N–H and O–H groups in total. The number of alkyl halides is 1. The summed E-state index contributed by atoms with van der Waals surface area (Å²) in [7, 11) is 0. The van der Waals surface area contributed by atoms with Crippen molar-refractivity contribution in [2.24, 2.45) is 0 Å². The maximum Gasteiger partial charge on any atom is 0.348 e. The summed E-state index contributed by atoms with van der Waals surface area (Å²) in [5.41, 5.74) is -2.36. The predicted molar refractivity (Wildman–Crippen MR) is 56.5 cm³/mol. The van der Waals surface area contributed by atoms with Crippen molar-refractivity contribution < 1.29 is 18.3 Å². The lowest BCUT2D eigenvalue weighted by atomic mass is 9.98. The second-order valence-electron chi connectivity index (χ2n) is 3.35. The Morgan fingerprint density at radius 2 is 2.19 bits per heavy atom. The molecular weight excluding hydrogens is 238 g/mol. The molecule has 1 rings (SSSR count). The fraction of sp³-hybridized carbons (Fsp3) is 0.364. The van der Waals surface area contributed by atoms with Gasteiger partial charge in [-0.2, -0.15) is 0 Å². The summed E-state index contributed by atoms with van der Waals surface area (Å²) in [4.78, 5) is 11.3. The fourth-order valence-electron chi connectivity index (χ4n) is 1.17. The molecule has 0 aliphatic heterocycles. The number of benzene rings is 1. The molecule has 0 aliphatic carbocycles. The van der Waals surface area contributed by atoms with E-state index in [0.29, 0.717) is 0 Å². The lowest BCUT2D eigenvalue weighted by Gasteiger charge is -2.18. The number of esters is 1. The van der Waals surface area contributed by atoms with Gasteiger partial charge in [-0.1, -0.05) is 17.7 Å². The summed E-state index contributed by atoms with van der Waals surface area (Å²) in [6, 6.07) is 3.25. The molecule has 0 aliphatic rings. The first-order valence-corrected chi connectivity index (χ1v) is 5.09. The maximum absolute atomic E-state index is 14.1. The van der Waals surface area contributed by atoms with Crippen LogP contribution in [0.25, 0.3) is 0 Å². The Kier molecular flexibility index (Phi) is 3.86. The highest BCUT2D eigenvalue weighted by molar-refractivity contribution is 6.30. The zero-order chi connectivity index (χ0) is 12.3. The number of carbonyl (C=O) groups excluding carboxylic acids is 1. The average molecular weight is 249 g/mol. The third-order valence-electron chi connectivity index (χ3n) is 2.12. The van der Waals surface area contributed by atoms with Gasteiger partial charge in [-0.3, -0.25) is 0 Å². The second kappa shape index (κ2) is 4.78. The van der Waals surface area contributed by atoms with E-state index in [1.54, 1.807) is 6.92 Å². The molecule has 2 nitrogen and oxygen atoms in total. The fourth-order valence-corrected chi connectivity index (χ4v) is 1.35. The zero-order valence-corrected chi connectivity index (χ0v) is 9.65. The van der Waals surface area contributed by atoms with Gasteiger partial charge in [-0.05, 0) is 26.0 Å². The SMILES string of the molecule is CCOC(=O)C(C)(F)c1ccc(F)c(Cl)c1. The van der Waals surface area contributed by atoms with Crippen LogP contribution in [0.2, 0.25) is 5.02 Å². The quantitative estimate of drug-likeness (QED) is 0.768. The molecular formula is C11H11ClF2O2. The van der Waals surface area contributed by atoms with E-state index in [2.05, 4.69) is 4.74 Å². The topological polar surface area (TPSA) is 26.3 Å². The van der Waals surface area contributed by atoms with Gasteiger partial charge < -0.3 is 4.74 Å². The molecule has 5 heteroatoms. The van der Waals surface area contributed by atoms with E-state index in [0.717, 1.165) is 25.1 Å². The molecule has 1 aromatic rings. The van der Waals surface area contributed by atoms with Gasteiger partial charge in [-0.15, -0.1) is 0 Å². The molecule has 88 valence electrons. The van der Waals surface area contributed by atoms with Gasteiger partial charge in [0.2, 0.25) is 5.67 Å². The van der Waals surface area contributed by atoms with E-state index in [9.17, 15) is 13.6 Å². The number of rotatable bonds is 3. The molecule has 16 heavy (non-hydrogen) atoms. The van der Waals surface area contributed by atoms with Crippen LogP contribution >= 0.6 is 11.6 Å². The summed E-state index contributed by atoms with van der Waals surface area (Å²) >= 11 is 5.51. The van der Waals surface area contributed by atoms with Gasteiger partial charge in [-0.25, -0.2) is 13.6 Å². The van der Waals surface area contributed by atoms with Crippen molar-refractivity contribution in [3.63, 3.8) is 0 Å². The van der Waals surface area contributed by atoms with E-state index in [1.165, 1.54) is 0 Å². The van der Waals surface area contributed by atoms with Crippen LogP contribution in [0.1, 0.15) is 19.4 Å². The number of ether oxygens (including phenoxy) is 1. The van der Waals surface area contributed by atoms with Gasteiger partial charge in [0.05, 0.1) is 11.6 Å². The van der Waals surface area contributed by atoms with E-state index in [4.69, 9.17) is 11.6 Å². The van der Waals surface area contributed by atoms with Crippen molar-refractivity contribution >= 4 is 17.6 Å². The summed E-state index contributed by atoms with van der Waals surface area (Å²) in [6.45, 7) is 2.70. The van der Waals surface area contributed by atoms with Crippen molar-refractivity contribution in [3.8, 4) is 0 Å². The smallest absolute Gasteiger partial charge is 0.348 e. The highest BCUT2D eigenvalue weighted by Gasteiger charge is 2.37. The first-order chi connectivity index (χ1) is 7.39. The number of carbonyl (C=O) groups is 1. The molecule has 0 bridgehead atoms. The molecule has 1 atom stereocenters. The molecule has 0 spiro atoms. The number of hydrogen-bond donors (Lipinski definition) is 0. The lowest BCUT2D eigenvalue weighted by Crippen LogP contribution is -2.29. The monoisotopic (exact) mass is 248 g/mol. The molecule has 0 heterocycles. The van der Waals surface area contributed by atoms with Crippen LogP contribution in [0.3, 0.4) is 0 Å². The van der Waals surface area contributed by atoms with Gasteiger partial charge in [0.1, 0.15) is 5.82 Å². The molecule has 0 aromatic heterocycles. The number of halogens is 3. The normalized spacial score (nSPS) is 14.3. The van der Waals surface area contributed by atoms with Crippen LogP contribution < -0.4 is 0 Å². The van der Waals surface area contributed by atoms with E-state index in [-0.39, 0.29) is 17.2 Å². The Bertz CT molecular complexity index is 405. The summed E-state index contributed by atoms with van der Waals surface area (Å²) < 4.78 is 31.5. The van der Waals surface area contributed by atoms with Crippen LogP contribution in [0.5, 0.6) is 0 Å². The first kappa shape index (κ1) is 12.9. The minimum atomic E-state index is -2.33. The standard InChI is InChI=1S/C11H11ClF2O2/c1-3-16-10(15)11(2,14)7-4-5-9(13)8(12)6-7/h4-6H,3H2,1-2H3. The molecule has 0 radical (unpaired) electrons. The van der Waals surface area contributed by atoms with Crippen molar-refractivity contribution in [2.45, 2.75) is 19.5 Å². The molecule has 0 saturated heterocycles. The van der Waals surface area contributed by atoms with Crippen LogP contribution in [0.15, 0.2) is 18.2 Å². The van der Waals surface area contributed by atoms with Crippen molar-refractivity contribution in [1.29, 1.82) is 0 Å². The van der Waals surface area contributed by atoms with Crippen LogP contribution in [0.4, 0.5) is 8.78 Å². The van der Waals surface area contributed by atoms with Gasteiger partial charge >= 0.3 is 5.97 Å². The largest absolute Gasteiger partial charge is 0.463 e. The van der Waals surface area contributed by atoms with E-state index in [1.807, 2.05) is 0 Å². The lowest BCUT2D eigenvalue weighted by molar-refractivity contribution is -0.156. The van der Waals surface area contributed by atoms with E-state index < -0.39 is 17.5 Å². The molecule has 0 amide bonds.